The molecule has 4 aromatic rings. The Hall–Kier alpha value is -3.14. The van der Waals surface area contributed by atoms with Gasteiger partial charge in [-0.15, -0.1) is 10.2 Å². The number of aromatic nitrogens is 2. The van der Waals surface area contributed by atoms with Crippen LogP contribution in [0.1, 0.15) is 25.8 Å². The molecule has 0 saturated carbocycles. The van der Waals surface area contributed by atoms with Gasteiger partial charge < -0.3 is 0 Å². The lowest BCUT2D eigenvalue weighted by atomic mass is 9.99. The number of nitrogens with zero attached hydrogens (tertiary/aromatic N) is 2. The summed E-state index contributed by atoms with van der Waals surface area (Å²) in [5.74, 6) is -0.704. The van der Waals surface area contributed by atoms with E-state index in [0.29, 0.717) is 16.6 Å². The highest BCUT2D eigenvalue weighted by atomic mass is 32.2. The number of hydrogen-bond acceptors (Lipinski definition) is 6. The molecule has 4 rings (SSSR count). The summed E-state index contributed by atoms with van der Waals surface area (Å²) in [7, 11) is -3.93. The Morgan fingerprint density at radius 3 is 2.41 bits per heavy atom. The summed E-state index contributed by atoms with van der Waals surface area (Å²) in [4.78, 5) is 13.2. The summed E-state index contributed by atoms with van der Waals surface area (Å²) in [6.45, 7) is 5.75. The number of fused-ring (bicyclic) bond motifs is 1. The molecule has 3 aromatic carbocycles. The van der Waals surface area contributed by atoms with Gasteiger partial charge in [0.15, 0.2) is 0 Å². The molecule has 1 aromatic heterocycles. The SMILES string of the molecule is CC[C@H](C)[C@@H](NS(=O)(=O)c1ccc2ccccc2c1)C(=O)Nc1nnc(-c2ccc(C)cc2)s1. The largest absolute Gasteiger partial charge is 0.299 e. The van der Waals surface area contributed by atoms with Gasteiger partial charge in [0.05, 0.1) is 4.90 Å². The van der Waals surface area contributed by atoms with Crippen molar-refractivity contribution in [2.24, 2.45) is 5.92 Å². The fourth-order valence-electron chi connectivity index (χ4n) is 3.50. The van der Waals surface area contributed by atoms with Gasteiger partial charge in [0.25, 0.3) is 0 Å². The van der Waals surface area contributed by atoms with Crippen LogP contribution < -0.4 is 10.0 Å². The van der Waals surface area contributed by atoms with Crippen LogP contribution in [0.3, 0.4) is 0 Å². The average Bonchev–Trinajstić information content (AvgIpc) is 3.30. The number of anilines is 1. The lowest BCUT2D eigenvalue weighted by Gasteiger charge is -2.23. The molecule has 0 spiro atoms. The van der Waals surface area contributed by atoms with Gasteiger partial charge >= 0.3 is 0 Å². The normalized spacial score (nSPS) is 13.5. The van der Waals surface area contributed by atoms with E-state index in [1.165, 1.54) is 11.3 Å². The van der Waals surface area contributed by atoms with Gasteiger partial charge in [0.1, 0.15) is 11.0 Å². The number of benzene rings is 3. The van der Waals surface area contributed by atoms with Gasteiger partial charge in [-0.05, 0) is 35.7 Å². The fourth-order valence-corrected chi connectivity index (χ4v) is 5.59. The summed E-state index contributed by atoms with van der Waals surface area (Å²) in [5.41, 5.74) is 2.04. The van der Waals surface area contributed by atoms with Gasteiger partial charge in [-0.2, -0.15) is 4.72 Å². The van der Waals surface area contributed by atoms with Crippen LogP contribution >= 0.6 is 11.3 Å². The zero-order chi connectivity index (χ0) is 24.3. The van der Waals surface area contributed by atoms with E-state index in [1.807, 2.05) is 69.3 Å². The van der Waals surface area contributed by atoms with E-state index in [0.717, 1.165) is 21.9 Å². The number of nitrogens with one attached hydrogen (secondary N) is 2. The molecule has 0 saturated heterocycles. The molecule has 1 heterocycles. The fraction of sp³-hybridized carbons (Fsp3) is 0.240. The third-order valence-electron chi connectivity index (χ3n) is 5.76. The minimum atomic E-state index is -3.93. The molecule has 0 aliphatic heterocycles. The highest BCUT2D eigenvalue weighted by Gasteiger charge is 2.30. The van der Waals surface area contributed by atoms with Crippen molar-refractivity contribution in [3.63, 3.8) is 0 Å². The van der Waals surface area contributed by atoms with Crippen LogP contribution in [0.15, 0.2) is 71.6 Å². The molecule has 1 amide bonds. The molecule has 2 atom stereocenters. The molecule has 176 valence electrons. The van der Waals surface area contributed by atoms with E-state index >= 15 is 0 Å². The van der Waals surface area contributed by atoms with E-state index in [9.17, 15) is 13.2 Å². The highest BCUT2D eigenvalue weighted by molar-refractivity contribution is 7.89. The summed E-state index contributed by atoms with van der Waals surface area (Å²) in [5, 5.41) is 13.7. The zero-order valence-corrected chi connectivity index (χ0v) is 20.8. The van der Waals surface area contributed by atoms with Crippen LogP contribution in [-0.2, 0) is 14.8 Å². The summed E-state index contributed by atoms with van der Waals surface area (Å²) in [6.07, 6.45) is 0.614. The Morgan fingerprint density at radius 2 is 1.71 bits per heavy atom. The van der Waals surface area contributed by atoms with E-state index < -0.39 is 22.0 Å². The molecule has 7 nitrogen and oxygen atoms in total. The second-order valence-electron chi connectivity index (χ2n) is 8.26. The van der Waals surface area contributed by atoms with Crippen molar-refractivity contribution in [1.82, 2.24) is 14.9 Å². The predicted octanol–water partition coefficient (Wildman–Crippen LogP) is 5.00. The molecule has 9 heteroatoms. The third kappa shape index (κ3) is 5.32. The Balaban J connectivity index is 1.54. The number of amides is 1. The minimum absolute atomic E-state index is 0.116. The van der Waals surface area contributed by atoms with Crippen molar-refractivity contribution < 1.29 is 13.2 Å². The first kappa shape index (κ1) is 24.0. The first-order chi connectivity index (χ1) is 16.3. The van der Waals surface area contributed by atoms with Crippen LogP contribution in [0, 0.1) is 12.8 Å². The number of carbonyl (C=O) groups excluding carboxylic acids is 1. The quantitative estimate of drug-likeness (QED) is 0.359. The molecule has 0 aliphatic rings. The monoisotopic (exact) mass is 494 g/mol. The Labute approximate surface area is 203 Å². The highest BCUT2D eigenvalue weighted by Crippen LogP contribution is 2.27. The van der Waals surface area contributed by atoms with Crippen LogP contribution in [0.25, 0.3) is 21.3 Å². The third-order valence-corrected chi connectivity index (χ3v) is 8.09. The van der Waals surface area contributed by atoms with Gasteiger partial charge in [-0.1, -0.05) is 91.8 Å². The predicted molar refractivity (Wildman–Crippen MR) is 136 cm³/mol. The molecule has 0 unspecified atom stereocenters. The van der Waals surface area contributed by atoms with Crippen LogP contribution in [-0.4, -0.2) is 30.6 Å². The Morgan fingerprint density at radius 1 is 1.00 bits per heavy atom. The smallest absolute Gasteiger partial charge is 0.244 e. The van der Waals surface area contributed by atoms with Gasteiger partial charge in [0, 0.05) is 5.56 Å². The average molecular weight is 495 g/mol. The number of rotatable bonds is 8. The lowest BCUT2D eigenvalue weighted by Crippen LogP contribution is -2.47. The van der Waals surface area contributed by atoms with Gasteiger partial charge in [-0.25, -0.2) is 8.42 Å². The zero-order valence-electron chi connectivity index (χ0n) is 19.1. The number of carbonyl (C=O) groups is 1. The molecular weight excluding hydrogens is 468 g/mol. The first-order valence-corrected chi connectivity index (χ1v) is 13.3. The second kappa shape index (κ2) is 10.0. The molecule has 0 radical (unpaired) electrons. The lowest BCUT2D eigenvalue weighted by molar-refractivity contribution is -0.118. The maximum absolute atomic E-state index is 13.2. The molecule has 34 heavy (non-hydrogen) atoms. The van der Waals surface area contributed by atoms with Crippen molar-refractivity contribution >= 4 is 43.2 Å². The van der Waals surface area contributed by atoms with Crippen molar-refractivity contribution in [2.45, 2.75) is 38.1 Å². The second-order valence-corrected chi connectivity index (χ2v) is 11.0. The van der Waals surface area contributed by atoms with E-state index in [-0.39, 0.29) is 10.8 Å². The maximum Gasteiger partial charge on any atom is 0.244 e. The summed E-state index contributed by atoms with van der Waals surface area (Å²) >= 11 is 1.24. The van der Waals surface area contributed by atoms with Crippen molar-refractivity contribution in [1.29, 1.82) is 0 Å². The standard InChI is InChI=1S/C25H26N4O3S2/c1-4-17(3)22(29-34(31,32)21-14-13-18-7-5-6-8-20(18)15-21)23(30)26-25-28-27-24(33-25)19-11-9-16(2)10-12-19/h5-15,17,22,29H,4H2,1-3H3,(H,26,28,30)/t17-,22+/m0/s1. The van der Waals surface area contributed by atoms with Crippen LogP contribution in [0.2, 0.25) is 0 Å². The number of sulfonamides is 1. The topological polar surface area (TPSA) is 101 Å². The maximum atomic E-state index is 13.2. The van der Waals surface area contributed by atoms with Crippen LogP contribution in [0.5, 0.6) is 0 Å². The van der Waals surface area contributed by atoms with Crippen molar-refractivity contribution in [3.8, 4) is 10.6 Å². The summed E-state index contributed by atoms with van der Waals surface area (Å²) < 4.78 is 28.9. The molecule has 0 fully saturated rings. The van der Waals surface area contributed by atoms with E-state index in [1.54, 1.807) is 18.2 Å². The number of aryl methyl sites for hydroxylation is 1. The van der Waals surface area contributed by atoms with Crippen molar-refractivity contribution in [3.05, 3.63) is 72.3 Å². The summed E-state index contributed by atoms with van der Waals surface area (Å²) in [6, 6.07) is 19.3. The molecule has 2 N–H and O–H groups in total. The van der Waals surface area contributed by atoms with Gasteiger partial charge in [0.2, 0.25) is 21.1 Å². The Bertz CT molecular complexity index is 1420. The minimum Gasteiger partial charge on any atom is -0.299 e. The first-order valence-electron chi connectivity index (χ1n) is 11.0. The van der Waals surface area contributed by atoms with Crippen LogP contribution in [0.4, 0.5) is 5.13 Å². The molecular formula is C25H26N4O3S2. The van der Waals surface area contributed by atoms with E-state index in [2.05, 4.69) is 20.2 Å². The Kier molecular flexibility index (Phi) is 7.06. The number of hydrogen-bond donors (Lipinski definition) is 2. The van der Waals surface area contributed by atoms with Gasteiger partial charge in [-0.3, -0.25) is 10.1 Å². The molecule has 0 aliphatic carbocycles. The van der Waals surface area contributed by atoms with E-state index in [4.69, 9.17) is 0 Å². The van der Waals surface area contributed by atoms with Crippen molar-refractivity contribution in [2.75, 3.05) is 5.32 Å². The molecule has 0 bridgehead atoms.